The number of β-amino-alcohol motifs (C(OH)–C–C–N with tert-alkyl or cyclic N) is 1. The van der Waals surface area contributed by atoms with Crippen LogP contribution in [0, 0.1) is 5.82 Å². The van der Waals surface area contributed by atoms with Crippen LogP contribution in [0.25, 0.3) is 0 Å². The predicted octanol–water partition coefficient (Wildman–Crippen LogP) is 2.14. The van der Waals surface area contributed by atoms with Gasteiger partial charge in [0.1, 0.15) is 5.82 Å². The number of hydrogen-bond donors (Lipinski definition) is 1. The molecule has 1 aromatic carbocycles. The van der Waals surface area contributed by atoms with E-state index in [0.29, 0.717) is 24.9 Å². The lowest BCUT2D eigenvalue weighted by atomic mass is 9.75. The van der Waals surface area contributed by atoms with E-state index in [1.165, 1.54) is 23.1 Å². The van der Waals surface area contributed by atoms with Crippen molar-refractivity contribution in [2.75, 3.05) is 13.1 Å². The topological polar surface area (TPSA) is 77.9 Å². The maximum Gasteiger partial charge on any atom is 0.241 e. The van der Waals surface area contributed by atoms with E-state index in [9.17, 15) is 23.9 Å². The van der Waals surface area contributed by atoms with Crippen molar-refractivity contribution in [3.05, 3.63) is 35.6 Å². The third-order valence-corrected chi connectivity index (χ3v) is 6.62. The second-order valence-electron chi connectivity index (χ2n) is 8.59. The van der Waals surface area contributed by atoms with E-state index in [4.69, 9.17) is 0 Å². The fourth-order valence-electron chi connectivity index (χ4n) is 5.10. The standard InChI is InChI=1S/C22H27FN2O4/c23-16-6-3-5-15(11-16)22(12-19(27)24-10-4-9-18(26)14-24)13-20(28)25(21(22)29)17-7-1-2-8-17/h3,5-6,11,17-18,26H,1-2,4,7-10,12-14H2/t18-,22-/m0/s1. The number of halogens is 1. The molecule has 3 aliphatic rings. The molecule has 1 N–H and O–H groups in total. The Kier molecular flexibility index (Phi) is 5.42. The van der Waals surface area contributed by atoms with Gasteiger partial charge < -0.3 is 10.0 Å². The summed E-state index contributed by atoms with van der Waals surface area (Å²) in [6.07, 6.45) is 3.97. The zero-order chi connectivity index (χ0) is 20.6. The molecule has 0 spiro atoms. The lowest BCUT2D eigenvalue weighted by Gasteiger charge is -2.34. The third-order valence-electron chi connectivity index (χ3n) is 6.62. The average molecular weight is 402 g/mol. The molecule has 3 fully saturated rings. The van der Waals surface area contributed by atoms with Gasteiger partial charge in [-0.1, -0.05) is 25.0 Å². The van der Waals surface area contributed by atoms with Crippen molar-refractivity contribution < 1.29 is 23.9 Å². The van der Waals surface area contributed by atoms with Gasteiger partial charge in [0.2, 0.25) is 17.7 Å². The molecule has 29 heavy (non-hydrogen) atoms. The van der Waals surface area contributed by atoms with Crippen molar-refractivity contribution in [2.24, 2.45) is 0 Å². The smallest absolute Gasteiger partial charge is 0.241 e. The van der Waals surface area contributed by atoms with Gasteiger partial charge in [0.15, 0.2) is 0 Å². The van der Waals surface area contributed by atoms with E-state index < -0.39 is 17.3 Å². The molecule has 156 valence electrons. The number of amides is 3. The molecular weight excluding hydrogens is 375 g/mol. The molecule has 4 rings (SSSR count). The van der Waals surface area contributed by atoms with Crippen LogP contribution in [0.3, 0.4) is 0 Å². The summed E-state index contributed by atoms with van der Waals surface area (Å²) in [7, 11) is 0. The minimum atomic E-state index is -1.37. The van der Waals surface area contributed by atoms with Gasteiger partial charge in [0, 0.05) is 32.0 Å². The monoisotopic (exact) mass is 402 g/mol. The number of piperidine rings is 1. The van der Waals surface area contributed by atoms with Gasteiger partial charge in [-0.2, -0.15) is 0 Å². The molecule has 2 saturated heterocycles. The van der Waals surface area contributed by atoms with Crippen LogP contribution in [-0.4, -0.2) is 57.9 Å². The highest BCUT2D eigenvalue weighted by molar-refractivity contribution is 6.11. The van der Waals surface area contributed by atoms with Gasteiger partial charge in [0.25, 0.3) is 0 Å². The number of rotatable bonds is 4. The van der Waals surface area contributed by atoms with Crippen molar-refractivity contribution in [3.8, 4) is 0 Å². The van der Waals surface area contributed by atoms with Crippen molar-refractivity contribution in [1.29, 1.82) is 0 Å². The Bertz CT molecular complexity index is 823. The summed E-state index contributed by atoms with van der Waals surface area (Å²) in [5.41, 5.74) is -0.997. The third kappa shape index (κ3) is 3.68. The number of aliphatic hydroxyl groups excluding tert-OH is 1. The van der Waals surface area contributed by atoms with Gasteiger partial charge in [-0.05, 0) is 43.4 Å². The molecule has 1 aliphatic carbocycles. The van der Waals surface area contributed by atoms with Crippen LogP contribution in [0.5, 0.6) is 0 Å². The Balaban J connectivity index is 1.68. The van der Waals surface area contributed by atoms with Gasteiger partial charge in [-0.25, -0.2) is 4.39 Å². The average Bonchev–Trinajstić information content (AvgIpc) is 3.29. The number of hydrogen-bond acceptors (Lipinski definition) is 4. The second kappa shape index (κ2) is 7.86. The molecule has 6 nitrogen and oxygen atoms in total. The molecule has 0 unspecified atom stereocenters. The van der Waals surface area contributed by atoms with Crippen molar-refractivity contribution in [1.82, 2.24) is 9.80 Å². The quantitative estimate of drug-likeness (QED) is 0.783. The lowest BCUT2D eigenvalue weighted by Crippen LogP contribution is -2.48. The van der Waals surface area contributed by atoms with Crippen LogP contribution in [0.2, 0.25) is 0 Å². The van der Waals surface area contributed by atoms with Crippen LogP contribution in [0.1, 0.15) is 56.9 Å². The van der Waals surface area contributed by atoms with E-state index in [1.54, 1.807) is 11.0 Å². The molecule has 0 radical (unpaired) electrons. The van der Waals surface area contributed by atoms with Crippen LogP contribution in [-0.2, 0) is 19.8 Å². The fourth-order valence-corrected chi connectivity index (χ4v) is 5.10. The number of nitrogens with zero attached hydrogens (tertiary/aromatic N) is 2. The van der Waals surface area contributed by atoms with Crippen LogP contribution in [0.15, 0.2) is 24.3 Å². The second-order valence-corrected chi connectivity index (χ2v) is 8.59. The highest BCUT2D eigenvalue weighted by Crippen LogP contribution is 2.43. The van der Waals surface area contributed by atoms with Gasteiger partial charge >= 0.3 is 0 Å². The zero-order valence-corrected chi connectivity index (χ0v) is 16.5. The van der Waals surface area contributed by atoms with Crippen molar-refractivity contribution in [3.63, 3.8) is 0 Å². The first-order valence-electron chi connectivity index (χ1n) is 10.5. The Morgan fingerprint density at radius 1 is 1.17 bits per heavy atom. The molecule has 7 heteroatoms. The van der Waals surface area contributed by atoms with E-state index in [2.05, 4.69) is 0 Å². The number of benzene rings is 1. The molecule has 0 aromatic heterocycles. The van der Waals surface area contributed by atoms with Gasteiger partial charge in [0.05, 0.1) is 11.5 Å². The Morgan fingerprint density at radius 3 is 2.62 bits per heavy atom. The maximum absolute atomic E-state index is 14.0. The number of imide groups is 1. The maximum atomic E-state index is 14.0. The van der Waals surface area contributed by atoms with E-state index in [1.807, 2.05) is 0 Å². The highest BCUT2D eigenvalue weighted by Gasteiger charge is 2.56. The molecule has 2 aliphatic heterocycles. The molecule has 1 aromatic rings. The first-order chi connectivity index (χ1) is 13.9. The normalized spacial score (nSPS) is 28.4. The largest absolute Gasteiger partial charge is 0.391 e. The fraction of sp³-hybridized carbons (Fsp3) is 0.591. The Labute approximate surface area is 169 Å². The molecule has 3 amide bonds. The van der Waals surface area contributed by atoms with Crippen LogP contribution < -0.4 is 0 Å². The van der Waals surface area contributed by atoms with Crippen molar-refractivity contribution in [2.45, 2.75) is 68.9 Å². The molecule has 1 saturated carbocycles. The van der Waals surface area contributed by atoms with Gasteiger partial charge in [-0.3, -0.25) is 19.3 Å². The summed E-state index contributed by atoms with van der Waals surface area (Å²) >= 11 is 0. The SMILES string of the molecule is O=C(C[C@@]1(c2cccc(F)c2)CC(=O)N(C2CCCC2)C1=O)N1CCC[C@H](O)C1. The summed E-state index contributed by atoms with van der Waals surface area (Å²) in [5.74, 6) is -1.44. The predicted molar refractivity (Wildman–Crippen MR) is 103 cm³/mol. The molecule has 2 heterocycles. The summed E-state index contributed by atoms with van der Waals surface area (Å²) < 4.78 is 14.0. The van der Waals surface area contributed by atoms with Crippen LogP contribution >= 0.6 is 0 Å². The first kappa shape index (κ1) is 20.0. The molecule has 2 atom stereocenters. The van der Waals surface area contributed by atoms with Gasteiger partial charge in [-0.15, -0.1) is 0 Å². The highest BCUT2D eigenvalue weighted by atomic mass is 19.1. The molecule has 0 bridgehead atoms. The number of likely N-dealkylation sites (tertiary alicyclic amines) is 2. The number of carbonyl (C=O) groups excluding carboxylic acids is 3. The minimum absolute atomic E-state index is 0.117. The first-order valence-corrected chi connectivity index (χ1v) is 10.5. The summed E-state index contributed by atoms with van der Waals surface area (Å²) in [5, 5.41) is 9.91. The molecular formula is C22H27FN2O4. The van der Waals surface area contributed by atoms with Crippen molar-refractivity contribution >= 4 is 17.7 Å². The van der Waals surface area contributed by atoms with Crippen LogP contribution in [0.4, 0.5) is 4.39 Å². The van der Waals surface area contributed by atoms with E-state index >= 15 is 0 Å². The number of aliphatic hydroxyl groups is 1. The summed E-state index contributed by atoms with van der Waals surface area (Å²) in [6.45, 7) is 0.746. The van der Waals surface area contributed by atoms with E-state index in [0.717, 1.165) is 25.7 Å². The summed E-state index contributed by atoms with van der Waals surface area (Å²) in [4.78, 5) is 42.5. The lowest BCUT2D eigenvalue weighted by molar-refractivity contribution is -0.145. The Hall–Kier alpha value is -2.28. The zero-order valence-electron chi connectivity index (χ0n) is 16.5. The van der Waals surface area contributed by atoms with E-state index in [-0.39, 0.29) is 43.1 Å². The number of carbonyl (C=O) groups is 3. The summed E-state index contributed by atoms with van der Waals surface area (Å²) in [6, 6.07) is 5.57. The Morgan fingerprint density at radius 2 is 1.93 bits per heavy atom. The minimum Gasteiger partial charge on any atom is -0.391 e.